The zero-order chi connectivity index (χ0) is 17.1. The van der Waals surface area contributed by atoms with E-state index in [2.05, 4.69) is 0 Å². The highest BCUT2D eigenvalue weighted by molar-refractivity contribution is 6.44. The molecule has 0 bridgehead atoms. The van der Waals surface area contributed by atoms with Crippen LogP contribution in [0.1, 0.15) is 32.1 Å². The lowest BCUT2D eigenvalue weighted by Crippen LogP contribution is -2.42. The largest absolute Gasteiger partial charge is 0.492 e. The van der Waals surface area contributed by atoms with Gasteiger partial charge in [-0.2, -0.15) is 0 Å². The lowest BCUT2D eigenvalue weighted by atomic mass is 9.94. The van der Waals surface area contributed by atoms with Gasteiger partial charge >= 0.3 is 17.8 Å². The quantitative estimate of drug-likeness (QED) is 0.605. The first-order valence-electron chi connectivity index (χ1n) is 8.15. The maximum absolute atomic E-state index is 12.5. The third kappa shape index (κ3) is 3.38. The van der Waals surface area contributed by atoms with E-state index in [0.29, 0.717) is 10.8 Å². The Hall–Kier alpha value is -2.08. The molecule has 0 radical (unpaired) electrons. The minimum absolute atomic E-state index is 0.0408. The van der Waals surface area contributed by atoms with Crippen LogP contribution in [0, 0.1) is 0 Å². The Balaban J connectivity index is 1.60. The lowest BCUT2D eigenvalue weighted by molar-refractivity contribution is -0.144. The second kappa shape index (κ2) is 7.21. The predicted molar refractivity (Wildman–Crippen MR) is 87.8 cm³/mol. The predicted octanol–water partition coefficient (Wildman–Crippen LogP) is 2.84. The molecule has 2 fully saturated rings. The van der Waals surface area contributed by atoms with E-state index in [1.807, 2.05) is 0 Å². The number of amides is 4. The van der Waals surface area contributed by atoms with E-state index >= 15 is 0 Å². The standard InChI is InChI=1S/C17H19ClN2O4/c18-12-5-4-8-14(11-12)24-10-9-19-15(21)16(22)20(17(19)23)13-6-2-1-3-7-13/h4-5,8,11,13H,1-3,6-7,9-10H2. The molecule has 1 aromatic rings. The Morgan fingerprint density at radius 2 is 1.83 bits per heavy atom. The summed E-state index contributed by atoms with van der Waals surface area (Å²) in [5.41, 5.74) is 0. The monoisotopic (exact) mass is 350 g/mol. The smallest absolute Gasteiger partial charge is 0.334 e. The number of rotatable bonds is 5. The number of carbonyl (C=O) groups is 3. The van der Waals surface area contributed by atoms with Gasteiger partial charge in [0.05, 0.1) is 6.54 Å². The number of hydrogen-bond acceptors (Lipinski definition) is 4. The van der Waals surface area contributed by atoms with Crippen molar-refractivity contribution in [2.24, 2.45) is 0 Å². The Labute approximate surface area is 145 Å². The highest BCUT2D eigenvalue weighted by atomic mass is 35.5. The van der Waals surface area contributed by atoms with Crippen LogP contribution in [0.3, 0.4) is 0 Å². The molecule has 0 N–H and O–H groups in total. The van der Waals surface area contributed by atoms with Crippen LogP contribution in [0.5, 0.6) is 5.75 Å². The topological polar surface area (TPSA) is 66.9 Å². The van der Waals surface area contributed by atoms with Crippen LogP contribution in [0.25, 0.3) is 0 Å². The highest BCUT2D eigenvalue weighted by Gasteiger charge is 2.47. The molecule has 128 valence electrons. The number of halogens is 1. The molecule has 0 unspecified atom stereocenters. The van der Waals surface area contributed by atoms with Crippen molar-refractivity contribution < 1.29 is 19.1 Å². The maximum atomic E-state index is 12.5. The Morgan fingerprint density at radius 1 is 1.08 bits per heavy atom. The van der Waals surface area contributed by atoms with Crippen molar-refractivity contribution in [1.29, 1.82) is 0 Å². The second-order valence-electron chi connectivity index (χ2n) is 6.01. The van der Waals surface area contributed by atoms with Crippen molar-refractivity contribution >= 4 is 29.4 Å². The molecule has 1 saturated carbocycles. The average molecular weight is 351 g/mol. The molecule has 7 heteroatoms. The van der Waals surface area contributed by atoms with Gasteiger partial charge < -0.3 is 4.74 Å². The fraction of sp³-hybridized carbons (Fsp3) is 0.471. The number of ether oxygens (including phenoxy) is 1. The summed E-state index contributed by atoms with van der Waals surface area (Å²) >= 11 is 5.87. The molecule has 0 atom stereocenters. The summed E-state index contributed by atoms with van der Waals surface area (Å²) in [4.78, 5) is 38.8. The fourth-order valence-corrected chi connectivity index (χ4v) is 3.37. The fourth-order valence-electron chi connectivity index (χ4n) is 3.19. The Morgan fingerprint density at radius 3 is 2.54 bits per heavy atom. The van der Waals surface area contributed by atoms with Crippen LogP contribution < -0.4 is 4.74 Å². The molecule has 1 heterocycles. The summed E-state index contributed by atoms with van der Waals surface area (Å²) in [6.07, 6.45) is 4.62. The minimum Gasteiger partial charge on any atom is -0.492 e. The molecule has 0 spiro atoms. The molecule has 1 aromatic carbocycles. The van der Waals surface area contributed by atoms with Crippen LogP contribution in [0.2, 0.25) is 5.02 Å². The molecular formula is C17H19ClN2O4. The molecule has 0 aromatic heterocycles. The van der Waals surface area contributed by atoms with Gasteiger partial charge in [-0.1, -0.05) is 36.9 Å². The van der Waals surface area contributed by atoms with E-state index in [1.165, 1.54) is 0 Å². The molecule has 1 saturated heterocycles. The van der Waals surface area contributed by atoms with Crippen LogP contribution in [-0.2, 0) is 9.59 Å². The average Bonchev–Trinajstić information content (AvgIpc) is 2.79. The number of urea groups is 1. The van der Waals surface area contributed by atoms with Gasteiger partial charge in [0.2, 0.25) is 0 Å². The SMILES string of the molecule is O=C1C(=O)N(C2CCCCC2)C(=O)N1CCOc1cccc(Cl)c1. The van der Waals surface area contributed by atoms with Gasteiger partial charge in [0.1, 0.15) is 12.4 Å². The van der Waals surface area contributed by atoms with Gasteiger partial charge in [-0.15, -0.1) is 0 Å². The minimum atomic E-state index is -0.764. The van der Waals surface area contributed by atoms with Crippen molar-refractivity contribution in [3.63, 3.8) is 0 Å². The molecular weight excluding hydrogens is 332 g/mol. The van der Waals surface area contributed by atoms with Gasteiger partial charge in [-0.05, 0) is 31.0 Å². The maximum Gasteiger partial charge on any atom is 0.334 e. The van der Waals surface area contributed by atoms with Crippen LogP contribution >= 0.6 is 11.6 Å². The summed E-state index contributed by atoms with van der Waals surface area (Å²) in [5.74, 6) is -0.924. The van der Waals surface area contributed by atoms with Gasteiger partial charge in [0.15, 0.2) is 0 Å². The van der Waals surface area contributed by atoms with Gasteiger partial charge in [-0.3, -0.25) is 19.4 Å². The molecule has 3 rings (SSSR count). The van der Waals surface area contributed by atoms with Gasteiger partial charge in [0, 0.05) is 11.1 Å². The van der Waals surface area contributed by atoms with Crippen molar-refractivity contribution in [1.82, 2.24) is 9.80 Å². The first-order valence-corrected chi connectivity index (χ1v) is 8.53. The molecule has 24 heavy (non-hydrogen) atoms. The summed E-state index contributed by atoms with van der Waals surface area (Å²) in [6, 6.07) is 6.18. The van der Waals surface area contributed by atoms with Crippen LogP contribution in [0.15, 0.2) is 24.3 Å². The summed E-state index contributed by atoms with van der Waals surface area (Å²) in [7, 11) is 0. The number of imide groups is 2. The summed E-state index contributed by atoms with van der Waals surface area (Å²) < 4.78 is 5.50. The van der Waals surface area contributed by atoms with Crippen molar-refractivity contribution in [2.75, 3.05) is 13.2 Å². The van der Waals surface area contributed by atoms with E-state index in [1.54, 1.807) is 24.3 Å². The Bertz CT molecular complexity index is 658. The van der Waals surface area contributed by atoms with E-state index < -0.39 is 17.8 Å². The molecule has 1 aliphatic carbocycles. The molecule has 4 amide bonds. The third-order valence-electron chi connectivity index (χ3n) is 4.40. The van der Waals surface area contributed by atoms with E-state index in [-0.39, 0.29) is 19.2 Å². The summed E-state index contributed by atoms with van der Waals surface area (Å²) in [5, 5.41) is 0.541. The zero-order valence-electron chi connectivity index (χ0n) is 13.2. The van der Waals surface area contributed by atoms with Gasteiger partial charge in [0.25, 0.3) is 0 Å². The van der Waals surface area contributed by atoms with E-state index in [0.717, 1.165) is 41.9 Å². The van der Waals surface area contributed by atoms with Gasteiger partial charge in [-0.25, -0.2) is 4.79 Å². The van der Waals surface area contributed by atoms with E-state index in [9.17, 15) is 14.4 Å². The number of benzene rings is 1. The first-order chi connectivity index (χ1) is 11.6. The summed E-state index contributed by atoms with van der Waals surface area (Å²) in [6.45, 7) is 0.156. The highest BCUT2D eigenvalue weighted by Crippen LogP contribution is 2.26. The van der Waals surface area contributed by atoms with Crippen LogP contribution in [0.4, 0.5) is 4.79 Å². The Kier molecular flexibility index (Phi) is 5.04. The van der Waals surface area contributed by atoms with Crippen molar-refractivity contribution in [2.45, 2.75) is 38.1 Å². The second-order valence-corrected chi connectivity index (χ2v) is 6.45. The molecule has 6 nitrogen and oxygen atoms in total. The normalized spacial score (nSPS) is 19.3. The van der Waals surface area contributed by atoms with Crippen molar-refractivity contribution in [3.8, 4) is 5.75 Å². The van der Waals surface area contributed by atoms with E-state index in [4.69, 9.17) is 16.3 Å². The number of hydrogen-bond donors (Lipinski definition) is 0. The molecule has 1 aliphatic heterocycles. The molecule has 2 aliphatic rings. The number of carbonyl (C=O) groups excluding carboxylic acids is 3. The number of nitrogens with zero attached hydrogens (tertiary/aromatic N) is 2. The lowest BCUT2D eigenvalue weighted by Gasteiger charge is -2.28. The van der Waals surface area contributed by atoms with Crippen molar-refractivity contribution in [3.05, 3.63) is 29.3 Å². The van der Waals surface area contributed by atoms with Crippen LogP contribution in [-0.4, -0.2) is 46.8 Å². The first kappa shape index (κ1) is 16.8. The zero-order valence-corrected chi connectivity index (χ0v) is 14.0. The third-order valence-corrected chi connectivity index (χ3v) is 4.64.